The summed E-state index contributed by atoms with van der Waals surface area (Å²) >= 11 is 6.27. The monoisotopic (exact) mass is 282 g/mol. The van der Waals surface area contributed by atoms with E-state index in [9.17, 15) is 5.11 Å². The third-order valence-corrected chi connectivity index (χ3v) is 4.76. The summed E-state index contributed by atoms with van der Waals surface area (Å²) in [6.45, 7) is 2.21. The van der Waals surface area contributed by atoms with Gasteiger partial charge in [0.2, 0.25) is 0 Å². The molecular weight excluding hydrogens is 260 g/mol. The van der Waals surface area contributed by atoms with Gasteiger partial charge in [-0.15, -0.1) is 0 Å². The molecule has 2 rings (SSSR count). The van der Waals surface area contributed by atoms with E-state index in [-0.39, 0.29) is 0 Å². The third-order valence-electron chi connectivity index (χ3n) is 4.43. The zero-order valence-corrected chi connectivity index (χ0v) is 12.5. The Morgan fingerprint density at radius 3 is 2.79 bits per heavy atom. The summed E-state index contributed by atoms with van der Waals surface area (Å²) < 4.78 is 5.36. The van der Waals surface area contributed by atoms with Crippen molar-refractivity contribution in [3.05, 3.63) is 28.8 Å². The highest BCUT2D eigenvalue weighted by Gasteiger charge is 2.33. The molecule has 3 heteroatoms. The highest BCUT2D eigenvalue weighted by atomic mass is 35.5. The van der Waals surface area contributed by atoms with E-state index in [4.69, 9.17) is 16.3 Å². The van der Waals surface area contributed by atoms with Crippen LogP contribution in [0, 0.1) is 11.8 Å². The predicted octanol–water partition coefficient (Wildman–Crippen LogP) is 4.60. The van der Waals surface area contributed by atoms with Gasteiger partial charge in [0.1, 0.15) is 5.75 Å². The topological polar surface area (TPSA) is 29.5 Å². The number of halogens is 1. The molecule has 3 atom stereocenters. The fourth-order valence-corrected chi connectivity index (χ4v) is 3.63. The molecule has 0 saturated heterocycles. The predicted molar refractivity (Wildman–Crippen MR) is 78.7 cm³/mol. The maximum absolute atomic E-state index is 10.8. The zero-order valence-electron chi connectivity index (χ0n) is 11.7. The van der Waals surface area contributed by atoms with Gasteiger partial charge in [0.25, 0.3) is 0 Å². The number of ether oxygens (including phenoxy) is 1. The van der Waals surface area contributed by atoms with Crippen LogP contribution in [0.15, 0.2) is 18.2 Å². The maximum atomic E-state index is 10.8. The lowest BCUT2D eigenvalue weighted by Crippen LogP contribution is -2.25. The van der Waals surface area contributed by atoms with Gasteiger partial charge in [-0.05, 0) is 30.4 Å². The number of hydrogen-bond donors (Lipinski definition) is 1. The minimum absolute atomic E-state index is 0.299. The highest BCUT2D eigenvalue weighted by Crippen LogP contribution is 2.44. The molecule has 0 aliphatic heterocycles. The van der Waals surface area contributed by atoms with Crippen molar-refractivity contribution in [1.82, 2.24) is 0 Å². The first-order chi connectivity index (χ1) is 9.19. The first-order valence-electron chi connectivity index (χ1n) is 7.19. The largest absolute Gasteiger partial charge is 0.496 e. The summed E-state index contributed by atoms with van der Waals surface area (Å²) in [4.78, 5) is 0. The van der Waals surface area contributed by atoms with Gasteiger partial charge in [-0.1, -0.05) is 50.3 Å². The Hall–Kier alpha value is -0.730. The number of benzene rings is 1. The van der Waals surface area contributed by atoms with Crippen LogP contribution < -0.4 is 4.74 Å². The van der Waals surface area contributed by atoms with E-state index in [1.54, 1.807) is 7.11 Å². The molecule has 1 saturated carbocycles. The molecule has 0 heterocycles. The molecular formula is C16H23ClO2. The summed E-state index contributed by atoms with van der Waals surface area (Å²) in [5.41, 5.74) is 0.761. The molecule has 1 aromatic rings. The number of methoxy groups -OCH3 is 1. The first-order valence-corrected chi connectivity index (χ1v) is 7.57. The number of rotatable bonds is 4. The Morgan fingerprint density at radius 2 is 2.11 bits per heavy atom. The van der Waals surface area contributed by atoms with Gasteiger partial charge < -0.3 is 9.84 Å². The smallest absolute Gasteiger partial charge is 0.126 e. The average molecular weight is 283 g/mol. The number of aliphatic hydroxyl groups is 1. The molecule has 1 aliphatic carbocycles. The second kappa shape index (κ2) is 6.62. The normalized spacial score (nSPS) is 25.1. The molecule has 19 heavy (non-hydrogen) atoms. The fourth-order valence-electron chi connectivity index (χ4n) is 3.36. The van der Waals surface area contributed by atoms with Crippen LogP contribution in [-0.2, 0) is 0 Å². The van der Waals surface area contributed by atoms with Crippen molar-refractivity contribution in [3.8, 4) is 5.75 Å². The molecule has 1 N–H and O–H groups in total. The van der Waals surface area contributed by atoms with Crippen LogP contribution in [-0.4, -0.2) is 12.2 Å². The van der Waals surface area contributed by atoms with E-state index in [0.29, 0.717) is 22.6 Å². The van der Waals surface area contributed by atoms with Crippen LogP contribution in [0.5, 0.6) is 5.75 Å². The third kappa shape index (κ3) is 3.06. The highest BCUT2D eigenvalue weighted by molar-refractivity contribution is 6.31. The summed E-state index contributed by atoms with van der Waals surface area (Å²) in [6, 6.07) is 5.55. The second-order valence-electron chi connectivity index (χ2n) is 5.42. The van der Waals surface area contributed by atoms with Crippen molar-refractivity contribution in [3.63, 3.8) is 0 Å². The van der Waals surface area contributed by atoms with Crippen LogP contribution in [0.4, 0.5) is 0 Å². The van der Waals surface area contributed by atoms with Crippen molar-refractivity contribution < 1.29 is 9.84 Å². The van der Waals surface area contributed by atoms with E-state index >= 15 is 0 Å². The average Bonchev–Trinajstić information content (AvgIpc) is 2.46. The van der Waals surface area contributed by atoms with Gasteiger partial charge in [0.15, 0.2) is 0 Å². The zero-order chi connectivity index (χ0) is 13.8. The van der Waals surface area contributed by atoms with Gasteiger partial charge in [-0.3, -0.25) is 0 Å². The van der Waals surface area contributed by atoms with E-state index < -0.39 is 6.10 Å². The molecule has 1 fully saturated rings. The summed E-state index contributed by atoms with van der Waals surface area (Å²) in [7, 11) is 1.63. The van der Waals surface area contributed by atoms with Crippen molar-refractivity contribution in [2.75, 3.05) is 7.11 Å². The Balaban J connectivity index is 2.29. The summed E-state index contributed by atoms with van der Waals surface area (Å²) in [5, 5.41) is 11.4. The van der Waals surface area contributed by atoms with Crippen molar-refractivity contribution in [2.24, 2.45) is 11.8 Å². The van der Waals surface area contributed by atoms with Crippen LogP contribution in [0.3, 0.4) is 0 Å². The van der Waals surface area contributed by atoms with Gasteiger partial charge in [0.05, 0.1) is 18.2 Å². The maximum Gasteiger partial charge on any atom is 0.126 e. The Morgan fingerprint density at radius 1 is 1.37 bits per heavy atom. The number of aliphatic hydroxyl groups excluding tert-OH is 1. The molecule has 106 valence electrons. The van der Waals surface area contributed by atoms with Gasteiger partial charge in [0, 0.05) is 5.56 Å². The molecule has 2 nitrogen and oxygen atoms in total. The van der Waals surface area contributed by atoms with Gasteiger partial charge >= 0.3 is 0 Å². The van der Waals surface area contributed by atoms with Gasteiger partial charge in [-0.2, -0.15) is 0 Å². The molecule has 0 aromatic heterocycles. The molecule has 0 bridgehead atoms. The molecule has 3 unspecified atom stereocenters. The van der Waals surface area contributed by atoms with Crippen LogP contribution in [0.1, 0.15) is 50.7 Å². The SMILES string of the molecule is CCC1CCCCC1C(O)c1c(Cl)cccc1OC. The van der Waals surface area contributed by atoms with Crippen molar-refractivity contribution in [1.29, 1.82) is 0 Å². The van der Waals surface area contributed by atoms with E-state index in [1.807, 2.05) is 18.2 Å². The molecule has 1 aliphatic rings. The summed E-state index contributed by atoms with van der Waals surface area (Å²) in [6.07, 6.45) is 5.37. The second-order valence-corrected chi connectivity index (χ2v) is 5.82. The minimum atomic E-state index is -0.520. The van der Waals surface area contributed by atoms with Crippen LogP contribution >= 0.6 is 11.6 Å². The quantitative estimate of drug-likeness (QED) is 0.875. The Labute approximate surface area is 120 Å². The van der Waals surface area contributed by atoms with Crippen LogP contribution in [0.2, 0.25) is 5.02 Å². The van der Waals surface area contributed by atoms with Crippen LogP contribution in [0.25, 0.3) is 0 Å². The standard InChI is InChI=1S/C16H23ClO2/c1-3-11-7-4-5-8-12(11)16(18)15-13(17)9-6-10-14(15)19-2/h6,9-12,16,18H,3-5,7-8H2,1-2H3. The molecule has 0 amide bonds. The Kier molecular flexibility index (Phi) is 5.12. The van der Waals surface area contributed by atoms with E-state index in [1.165, 1.54) is 19.3 Å². The van der Waals surface area contributed by atoms with Gasteiger partial charge in [-0.25, -0.2) is 0 Å². The number of hydrogen-bond acceptors (Lipinski definition) is 2. The van der Waals surface area contributed by atoms with Crippen molar-refractivity contribution in [2.45, 2.75) is 45.1 Å². The van der Waals surface area contributed by atoms with E-state index in [0.717, 1.165) is 18.4 Å². The minimum Gasteiger partial charge on any atom is -0.496 e. The lowest BCUT2D eigenvalue weighted by Gasteiger charge is -2.35. The lowest BCUT2D eigenvalue weighted by atomic mass is 9.73. The molecule has 1 aromatic carbocycles. The lowest BCUT2D eigenvalue weighted by molar-refractivity contribution is 0.0436. The van der Waals surface area contributed by atoms with Crippen molar-refractivity contribution >= 4 is 11.6 Å². The molecule has 0 spiro atoms. The summed E-state index contributed by atoms with van der Waals surface area (Å²) in [5.74, 6) is 1.58. The first kappa shape index (κ1) is 14.7. The fraction of sp³-hybridized carbons (Fsp3) is 0.625. The Bertz CT molecular complexity index is 419. The molecule has 0 radical (unpaired) electrons. The van der Waals surface area contributed by atoms with E-state index in [2.05, 4.69) is 6.92 Å².